The topological polar surface area (TPSA) is 181 Å². The Labute approximate surface area is 245 Å². The maximum atomic E-state index is 10.8. The van der Waals surface area contributed by atoms with Crippen molar-refractivity contribution in [2.75, 3.05) is 19.8 Å². The highest BCUT2D eigenvalue weighted by atomic mass is 16.7. The molecule has 0 aromatic carbocycles. The lowest BCUT2D eigenvalue weighted by molar-refractivity contribution is -0.343. The second-order valence-electron chi connectivity index (χ2n) is 11.4. The van der Waals surface area contributed by atoms with E-state index in [1.807, 2.05) is 0 Å². The van der Waals surface area contributed by atoms with Gasteiger partial charge in [0.1, 0.15) is 55.1 Å². The Kier molecular flexibility index (Phi) is 18.8. The largest absolute Gasteiger partial charge is 0.394 e. The number of nitrogens with one attached hydrogen (secondary N) is 1. The van der Waals surface area contributed by atoms with Gasteiger partial charge in [0.2, 0.25) is 0 Å². The molecule has 0 saturated carbocycles. The third kappa shape index (κ3) is 12.4. The zero-order valence-electron chi connectivity index (χ0n) is 24.8. The molecule has 8 N–H and O–H groups in total. The molecule has 0 aliphatic carbocycles. The number of hydrogen-bond donors (Lipinski definition) is 8. The first-order valence-electron chi connectivity index (χ1n) is 15.8. The third-order valence-corrected chi connectivity index (χ3v) is 8.04. The predicted molar refractivity (Wildman–Crippen MR) is 154 cm³/mol. The van der Waals surface area contributed by atoms with Gasteiger partial charge in [-0.05, 0) is 38.6 Å². The van der Waals surface area contributed by atoms with Gasteiger partial charge >= 0.3 is 0 Å². The monoisotopic (exact) mass is 591 g/mol. The van der Waals surface area contributed by atoms with Gasteiger partial charge in [-0.15, -0.1) is 0 Å². The maximum Gasteiger partial charge on any atom is 0.187 e. The van der Waals surface area contributed by atoms with E-state index >= 15 is 0 Å². The van der Waals surface area contributed by atoms with Crippen molar-refractivity contribution < 1.29 is 50.0 Å². The summed E-state index contributed by atoms with van der Waals surface area (Å²) in [7, 11) is 0. The second kappa shape index (κ2) is 21.1. The van der Waals surface area contributed by atoms with Crippen LogP contribution in [0.5, 0.6) is 0 Å². The van der Waals surface area contributed by atoms with Crippen molar-refractivity contribution >= 4 is 0 Å². The average Bonchev–Trinajstić information content (AvgIpc) is 2.97. The number of aliphatic hydroxyl groups is 7. The first kappa shape index (κ1) is 36.5. The van der Waals surface area contributed by atoms with Crippen molar-refractivity contribution in [3.05, 3.63) is 12.2 Å². The van der Waals surface area contributed by atoms with E-state index in [4.69, 9.17) is 14.2 Å². The molecule has 0 amide bonds. The maximum absolute atomic E-state index is 10.8. The molecule has 0 aromatic rings. The van der Waals surface area contributed by atoms with Gasteiger partial charge in [0.25, 0.3) is 0 Å². The van der Waals surface area contributed by atoms with Gasteiger partial charge in [-0.25, -0.2) is 0 Å². The molecule has 2 saturated heterocycles. The van der Waals surface area contributed by atoms with Crippen molar-refractivity contribution in [3.63, 3.8) is 0 Å². The SMILES string of the molecule is CCCCCCCC/C=C\CCCCCCCCNC1O[C@H](CO)[C@@H](O)[C@H](O[C@H]2O[C@H](CO)[C@@H](O)[C@H](O)[C@@H]2O)[C@@H]1O. The molecule has 2 aliphatic heterocycles. The quantitative estimate of drug-likeness (QED) is 0.0710. The van der Waals surface area contributed by atoms with Gasteiger partial charge in [-0.3, -0.25) is 5.32 Å². The van der Waals surface area contributed by atoms with E-state index in [1.54, 1.807) is 0 Å². The van der Waals surface area contributed by atoms with Crippen molar-refractivity contribution in [1.29, 1.82) is 0 Å². The molecule has 11 nitrogen and oxygen atoms in total. The fraction of sp³-hybridized carbons (Fsp3) is 0.933. The van der Waals surface area contributed by atoms with Crippen LogP contribution in [0.15, 0.2) is 12.2 Å². The van der Waals surface area contributed by atoms with Gasteiger partial charge in [0.15, 0.2) is 6.29 Å². The number of unbranched alkanes of at least 4 members (excludes halogenated alkanes) is 12. The summed E-state index contributed by atoms with van der Waals surface area (Å²) >= 11 is 0. The minimum Gasteiger partial charge on any atom is -0.394 e. The lowest BCUT2D eigenvalue weighted by Gasteiger charge is -2.46. The molecule has 41 heavy (non-hydrogen) atoms. The Hall–Kier alpha value is -0.700. The molecule has 11 heteroatoms. The van der Waals surface area contributed by atoms with Crippen LogP contribution in [0.3, 0.4) is 0 Å². The molecule has 0 bridgehead atoms. The van der Waals surface area contributed by atoms with E-state index in [9.17, 15) is 35.7 Å². The van der Waals surface area contributed by atoms with E-state index in [0.717, 1.165) is 25.7 Å². The standard InChI is InChI=1S/C30H57NO10/c1-2-3-4-5-6-7-8-9-10-11-12-13-14-15-16-17-18-31-29-27(38)28(24(35)22(20-33)39-29)41-30-26(37)25(36)23(34)21(19-32)40-30/h9-10,21-38H,2-8,11-20H2,1H3/b10-9-/t21-,22-,23-,24-,25+,26+,27+,28+,29?,30-/m1/s1. The van der Waals surface area contributed by atoms with Crippen molar-refractivity contribution in [1.82, 2.24) is 5.32 Å². The molecule has 1 unspecified atom stereocenters. The van der Waals surface area contributed by atoms with Crippen molar-refractivity contribution in [3.8, 4) is 0 Å². The molecular weight excluding hydrogens is 534 g/mol. The third-order valence-electron chi connectivity index (χ3n) is 8.04. The summed E-state index contributed by atoms with van der Waals surface area (Å²) in [5.74, 6) is 0. The summed E-state index contributed by atoms with van der Waals surface area (Å²) in [5.41, 5.74) is 0. The predicted octanol–water partition coefficient (Wildman–Crippen LogP) is 1.24. The molecule has 0 aromatic heterocycles. The Balaban J connectivity index is 1.63. The van der Waals surface area contributed by atoms with Crippen LogP contribution in [-0.4, -0.2) is 117 Å². The summed E-state index contributed by atoms with van der Waals surface area (Å²) in [4.78, 5) is 0. The molecule has 2 aliphatic rings. The highest BCUT2D eigenvalue weighted by Gasteiger charge is 2.50. The van der Waals surface area contributed by atoms with Gasteiger partial charge in [0.05, 0.1) is 13.2 Å². The van der Waals surface area contributed by atoms with Crippen molar-refractivity contribution in [2.24, 2.45) is 0 Å². The zero-order chi connectivity index (χ0) is 30.0. The molecule has 0 spiro atoms. The Bertz CT molecular complexity index is 684. The van der Waals surface area contributed by atoms with Crippen LogP contribution in [0.2, 0.25) is 0 Å². The zero-order valence-corrected chi connectivity index (χ0v) is 24.8. The van der Waals surface area contributed by atoms with Gasteiger partial charge in [-0.1, -0.05) is 76.9 Å². The minimum absolute atomic E-state index is 0.533. The van der Waals surface area contributed by atoms with Crippen molar-refractivity contribution in [2.45, 2.75) is 158 Å². The van der Waals surface area contributed by atoms with Crippen LogP contribution in [0.4, 0.5) is 0 Å². The fourth-order valence-corrected chi connectivity index (χ4v) is 5.37. The number of rotatable bonds is 21. The minimum atomic E-state index is -1.69. The number of allylic oxidation sites excluding steroid dienone is 2. The number of ether oxygens (including phenoxy) is 3. The van der Waals surface area contributed by atoms with Crippen LogP contribution in [0.25, 0.3) is 0 Å². The molecule has 242 valence electrons. The molecule has 2 rings (SSSR count). The Morgan fingerprint density at radius 2 is 1.15 bits per heavy atom. The first-order chi connectivity index (χ1) is 19.8. The van der Waals surface area contributed by atoms with E-state index in [1.165, 1.54) is 64.2 Å². The average molecular weight is 592 g/mol. The van der Waals surface area contributed by atoms with E-state index < -0.39 is 74.6 Å². The lowest BCUT2D eigenvalue weighted by atomic mass is 9.96. The molecular formula is C30H57NO10. The Morgan fingerprint density at radius 1 is 0.610 bits per heavy atom. The molecule has 2 fully saturated rings. The van der Waals surface area contributed by atoms with E-state index in [2.05, 4.69) is 24.4 Å². The summed E-state index contributed by atoms with van der Waals surface area (Å²) in [5, 5.41) is 73.9. The van der Waals surface area contributed by atoms with E-state index in [-0.39, 0.29) is 0 Å². The smallest absolute Gasteiger partial charge is 0.187 e. The second-order valence-corrected chi connectivity index (χ2v) is 11.4. The van der Waals surface area contributed by atoms with Crippen LogP contribution in [0.1, 0.15) is 96.8 Å². The van der Waals surface area contributed by atoms with Crippen LogP contribution in [-0.2, 0) is 14.2 Å². The molecule has 10 atom stereocenters. The van der Waals surface area contributed by atoms with Gasteiger partial charge < -0.3 is 50.0 Å². The van der Waals surface area contributed by atoms with Crippen LogP contribution >= 0.6 is 0 Å². The van der Waals surface area contributed by atoms with Crippen LogP contribution < -0.4 is 5.32 Å². The molecule has 2 heterocycles. The fourth-order valence-electron chi connectivity index (χ4n) is 5.37. The summed E-state index contributed by atoms with van der Waals surface area (Å²) in [6, 6.07) is 0. The van der Waals surface area contributed by atoms with Gasteiger partial charge in [-0.2, -0.15) is 0 Å². The van der Waals surface area contributed by atoms with Gasteiger partial charge in [0, 0.05) is 0 Å². The Morgan fingerprint density at radius 3 is 1.73 bits per heavy atom. The highest BCUT2D eigenvalue weighted by molar-refractivity contribution is 4.95. The van der Waals surface area contributed by atoms with E-state index in [0.29, 0.717) is 6.54 Å². The summed E-state index contributed by atoms with van der Waals surface area (Å²) in [6.45, 7) is 1.62. The van der Waals surface area contributed by atoms with Crippen LogP contribution in [0, 0.1) is 0 Å². The normalized spacial score (nSPS) is 34.4. The molecule has 0 radical (unpaired) electrons. The first-order valence-corrected chi connectivity index (χ1v) is 15.8. The lowest BCUT2D eigenvalue weighted by Crippen LogP contribution is -2.66. The highest BCUT2D eigenvalue weighted by Crippen LogP contribution is 2.28. The summed E-state index contributed by atoms with van der Waals surface area (Å²) in [6.07, 6.45) is 7.72. The number of aliphatic hydroxyl groups excluding tert-OH is 7. The number of hydrogen-bond acceptors (Lipinski definition) is 11. The summed E-state index contributed by atoms with van der Waals surface area (Å²) < 4.78 is 16.6.